The van der Waals surface area contributed by atoms with E-state index in [-0.39, 0.29) is 45.7 Å². The van der Waals surface area contributed by atoms with E-state index in [9.17, 15) is 26.5 Å². The molecule has 49 heavy (non-hydrogen) atoms. The maximum absolute atomic E-state index is 12.3. The highest BCUT2D eigenvalue weighted by Gasteiger charge is 2.24. The van der Waals surface area contributed by atoms with Crippen LogP contribution < -0.4 is 11.1 Å². The number of phenolic OH excluding ortho intramolecular Hbond substituents is 1. The molecule has 0 radical (unpaired) electrons. The Labute approximate surface area is 284 Å². The fourth-order valence-electron chi connectivity index (χ4n) is 4.50. The monoisotopic (exact) mass is 727 g/mol. The predicted molar refractivity (Wildman–Crippen MR) is 180 cm³/mol. The van der Waals surface area contributed by atoms with Crippen LogP contribution in [0.5, 0.6) is 5.75 Å². The van der Waals surface area contributed by atoms with Gasteiger partial charge in [-0.15, -0.1) is 10.2 Å². The minimum Gasteiger partial charge on any atom is -0.505 e. The van der Waals surface area contributed by atoms with Crippen molar-refractivity contribution in [2.45, 2.75) is 24.7 Å². The highest BCUT2D eigenvalue weighted by molar-refractivity contribution is 7.86. The van der Waals surface area contributed by atoms with Gasteiger partial charge in [0.15, 0.2) is 5.75 Å². The summed E-state index contributed by atoms with van der Waals surface area (Å²) in [6.07, 6.45) is 0.826. The van der Waals surface area contributed by atoms with E-state index >= 15 is 0 Å². The lowest BCUT2D eigenvalue weighted by molar-refractivity contribution is 0.265. The predicted octanol–water partition coefficient (Wildman–Crippen LogP) is 6.85. The number of anilines is 3. The SMILES string of the molecule is Cc1nc(Cl)nc(Nc2cccc(N=Nc3c(S(=O)(=O)O)cc4ccc(N=Nc5ccc(CCCOS(=O)(=O)O)cc5)c(N)c4c3O)c2)n1. The lowest BCUT2D eigenvalue weighted by Crippen LogP contribution is -2.05. The Bertz CT molecular complexity index is 2300. The molecule has 5 aromatic rings. The molecule has 0 unspecified atom stereocenters. The zero-order valence-corrected chi connectivity index (χ0v) is 27.6. The summed E-state index contributed by atoms with van der Waals surface area (Å²) in [6, 6.07) is 17.2. The third kappa shape index (κ3) is 9.25. The molecule has 254 valence electrons. The highest BCUT2D eigenvalue weighted by Crippen LogP contribution is 2.46. The maximum Gasteiger partial charge on any atom is 0.397 e. The summed E-state index contributed by atoms with van der Waals surface area (Å²) >= 11 is 5.90. The van der Waals surface area contributed by atoms with Crippen molar-refractivity contribution in [1.29, 1.82) is 0 Å². The quantitative estimate of drug-likeness (QED) is 0.0381. The van der Waals surface area contributed by atoms with Crippen molar-refractivity contribution in [2.75, 3.05) is 17.7 Å². The summed E-state index contributed by atoms with van der Waals surface area (Å²) in [7, 11) is -9.37. The number of nitrogens with zero attached hydrogens (tertiary/aromatic N) is 7. The number of fused-ring (bicyclic) bond motifs is 1. The smallest absolute Gasteiger partial charge is 0.397 e. The van der Waals surface area contributed by atoms with Gasteiger partial charge in [-0.3, -0.25) is 9.11 Å². The number of rotatable bonds is 12. The van der Waals surface area contributed by atoms with Crippen molar-refractivity contribution in [3.05, 3.63) is 83.4 Å². The summed E-state index contributed by atoms with van der Waals surface area (Å²) in [5, 5.41) is 30.7. The molecule has 17 nitrogen and oxygen atoms in total. The van der Waals surface area contributed by atoms with Gasteiger partial charge in [0.2, 0.25) is 11.2 Å². The van der Waals surface area contributed by atoms with Crippen molar-refractivity contribution in [3.63, 3.8) is 0 Å². The van der Waals surface area contributed by atoms with E-state index in [2.05, 4.69) is 44.9 Å². The minimum absolute atomic E-state index is 0.00207. The average molecular weight is 728 g/mol. The third-order valence-corrected chi connectivity index (χ3v) is 8.15. The Morgan fingerprint density at radius 1 is 0.898 bits per heavy atom. The molecule has 0 spiro atoms. The molecule has 0 saturated carbocycles. The summed E-state index contributed by atoms with van der Waals surface area (Å²) < 4.78 is 68.8. The number of nitrogen functional groups attached to an aromatic ring is 1. The van der Waals surface area contributed by atoms with Crippen LogP contribution in [0.1, 0.15) is 17.8 Å². The lowest BCUT2D eigenvalue weighted by Gasteiger charge is -2.12. The zero-order valence-electron chi connectivity index (χ0n) is 25.3. The van der Waals surface area contributed by atoms with Gasteiger partial charge in [0.1, 0.15) is 22.1 Å². The van der Waals surface area contributed by atoms with Crippen molar-refractivity contribution in [3.8, 4) is 5.75 Å². The topological polar surface area (TPSA) is 264 Å². The van der Waals surface area contributed by atoms with E-state index in [0.717, 1.165) is 11.6 Å². The summed E-state index contributed by atoms with van der Waals surface area (Å²) in [5.74, 6) is -0.104. The van der Waals surface area contributed by atoms with Crippen LogP contribution in [0.25, 0.3) is 10.8 Å². The number of hydrogen-bond acceptors (Lipinski definition) is 15. The standard InChI is InChI=1S/C29H26ClN9O8S2/c1-16-32-28(30)35-29(33-16)34-20-5-2-6-21(15-20)37-39-26-23(48(41,42)43)14-18-9-12-22(25(31)24(18)27(26)40)38-36-19-10-7-17(8-11-19)4-3-13-47-49(44,45)46/h2,5-12,14-15,40H,3-4,13,31H2,1H3,(H,41,42,43)(H,44,45,46)(H,32,33,34,35). The van der Waals surface area contributed by atoms with Crippen LogP contribution in [0.3, 0.4) is 0 Å². The van der Waals surface area contributed by atoms with E-state index in [0.29, 0.717) is 30.0 Å². The molecule has 0 amide bonds. The number of phenols is 1. The Hall–Kier alpha value is -5.18. The van der Waals surface area contributed by atoms with Gasteiger partial charge in [0.05, 0.1) is 29.1 Å². The lowest BCUT2D eigenvalue weighted by atomic mass is 10.1. The molecular formula is C29H26ClN9O8S2. The molecule has 5 rings (SSSR count). The molecule has 6 N–H and O–H groups in total. The normalized spacial score (nSPS) is 12.3. The number of halogens is 1. The molecule has 0 aliphatic carbocycles. The van der Waals surface area contributed by atoms with Crippen molar-refractivity contribution in [1.82, 2.24) is 15.0 Å². The summed E-state index contributed by atoms with van der Waals surface area (Å²) in [6.45, 7) is 1.47. The molecule has 0 aliphatic rings. The molecule has 1 heterocycles. The largest absolute Gasteiger partial charge is 0.505 e. The van der Waals surface area contributed by atoms with Crippen LogP contribution in [0.15, 0.2) is 92.1 Å². The second-order valence-electron chi connectivity index (χ2n) is 10.2. The number of aromatic nitrogens is 3. The highest BCUT2D eigenvalue weighted by atomic mass is 35.5. The molecule has 0 aliphatic heterocycles. The van der Waals surface area contributed by atoms with Gasteiger partial charge < -0.3 is 16.2 Å². The van der Waals surface area contributed by atoms with E-state index in [4.69, 9.17) is 21.9 Å². The number of benzene rings is 4. The molecule has 20 heteroatoms. The van der Waals surface area contributed by atoms with Gasteiger partial charge in [-0.05, 0) is 84.8 Å². The van der Waals surface area contributed by atoms with Crippen LogP contribution in [0.2, 0.25) is 5.28 Å². The van der Waals surface area contributed by atoms with Crippen molar-refractivity contribution >= 4 is 83.0 Å². The van der Waals surface area contributed by atoms with Gasteiger partial charge in [-0.1, -0.05) is 24.3 Å². The Kier molecular flexibility index (Phi) is 10.4. The second kappa shape index (κ2) is 14.5. The van der Waals surface area contributed by atoms with E-state index in [1.165, 1.54) is 12.1 Å². The van der Waals surface area contributed by atoms with Gasteiger partial charge >= 0.3 is 10.4 Å². The number of azo groups is 2. The molecular weight excluding hydrogens is 702 g/mol. The molecule has 4 aromatic carbocycles. The Balaban J connectivity index is 1.41. The summed E-state index contributed by atoms with van der Waals surface area (Å²) in [5.41, 5.74) is 7.90. The van der Waals surface area contributed by atoms with E-state index in [1.54, 1.807) is 55.5 Å². The number of aromatic hydroxyl groups is 1. The number of aryl methyl sites for hydroxylation is 2. The Morgan fingerprint density at radius 3 is 2.33 bits per heavy atom. The fraction of sp³-hybridized carbons (Fsp3) is 0.138. The van der Waals surface area contributed by atoms with Crippen molar-refractivity contribution < 1.29 is 35.2 Å². The maximum atomic E-state index is 12.3. The molecule has 0 atom stereocenters. The number of hydrogen-bond donors (Lipinski definition) is 5. The molecule has 0 bridgehead atoms. The average Bonchev–Trinajstić information content (AvgIpc) is 3.01. The Morgan fingerprint density at radius 2 is 1.63 bits per heavy atom. The fourth-order valence-corrected chi connectivity index (χ4v) is 5.69. The second-order valence-corrected chi connectivity index (χ2v) is 13.0. The van der Waals surface area contributed by atoms with Crippen LogP contribution in [-0.2, 0) is 31.1 Å². The zero-order chi connectivity index (χ0) is 35.3. The summed E-state index contributed by atoms with van der Waals surface area (Å²) in [4.78, 5) is 11.3. The van der Waals surface area contributed by atoms with Gasteiger partial charge in [0.25, 0.3) is 10.1 Å². The molecule has 0 fully saturated rings. The first-order valence-corrected chi connectivity index (χ1v) is 17.2. The van der Waals surface area contributed by atoms with Gasteiger partial charge in [0, 0.05) is 5.69 Å². The first-order chi connectivity index (χ1) is 23.2. The van der Waals surface area contributed by atoms with E-state index in [1.807, 2.05) is 0 Å². The van der Waals surface area contributed by atoms with Crippen LogP contribution >= 0.6 is 11.6 Å². The molecule has 0 saturated heterocycles. The number of nitrogens with one attached hydrogen (secondary N) is 1. The number of nitrogens with two attached hydrogens (primary N) is 1. The van der Waals surface area contributed by atoms with Gasteiger partial charge in [-0.25, -0.2) is 9.17 Å². The van der Waals surface area contributed by atoms with Gasteiger partial charge in [-0.2, -0.15) is 37.0 Å². The first-order valence-electron chi connectivity index (χ1n) is 14.0. The first kappa shape index (κ1) is 35.1. The third-order valence-electron chi connectivity index (χ3n) is 6.65. The van der Waals surface area contributed by atoms with Crippen LogP contribution in [0.4, 0.5) is 40.1 Å². The van der Waals surface area contributed by atoms with Crippen molar-refractivity contribution in [2.24, 2.45) is 20.5 Å². The molecule has 1 aromatic heterocycles. The minimum atomic E-state index is -4.88. The van der Waals surface area contributed by atoms with Crippen LogP contribution in [-0.4, -0.2) is 52.6 Å². The van der Waals surface area contributed by atoms with E-state index < -0.39 is 36.8 Å². The van der Waals surface area contributed by atoms with Crippen LogP contribution in [0, 0.1) is 6.92 Å².